The molecule has 21 heavy (non-hydrogen) atoms. The fourth-order valence-corrected chi connectivity index (χ4v) is 1.89. The molecule has 0 aliphatic carbocycles. The van der Waals surface area contributed by atoms with Gasteiger partial charge in [-0.3, -0.25) is 9.59 Å². The van der Waals surface area contributed by atoms with Gasteiger partial charge in [0.25, 0.3) is 5.91 Å². The number of pyridine rings is 1. The van der Waals surface area contributed by atoms with Crippen molar-refractivity contribution in [1.82, 2.24) is 25.4 Å². The minimum absolute atomic E-state index is 0.180. The van der Waals surface area contributed by atoms with Gasteiger partial charge in [0, 0.05) is 19.3 Å². The lowest BCUT2D eigenvalue weighted by molar-refractivity contribution is -0.109. The van der Waals surface area contributed by atoms with Gasteiger partial charge in [-0.1, -0.05) is 6.07 Å². The lowest BCUT2D eigenvalue weighted by atomic mass is 10.2. The average Bonchev–Trinajstić information content (AvgIpc) is 2.89. The van der Waals surface area contributed by atoms with Gasteiger partial charge >= 0.3 is 0 Å². The summed E-state index contributed by atoms with van der Waals surface area (Å²) in [6.07, 6.45) is 4.53. The van der Waals surface area contributed by atoms with Crippen LogP contribution in [0.4, 0.5) is 0 Å². The Morgan fingerprint density at radius 1 is 1.38 bits per heavy atom. The topological polar surface area (TPSA) is 88.9 Å². The molecule has 0 atom stereocenters. The van der Waals surface area contributed by atoms with Crippen molar-refractivity contribution in [2.24, 2.45) is 0 Å². The Morgan fingerprint density at radius 2 is 2.24 bits per heavy atom. The van der Waals surface area contributed by atoms with Crippen molar-refractivity contribution in [3.8, 4) is 5.82 Å². The van der Waals surface area contributed by atoms with E-state index < -0.39 is 0 Å². The SMILES string of the molecule is Cc1c(C(=O)NCCCNC=O)cnn1-c1ccccn1. The van der Waals surface area contributed by atoms with E-state index in [1.807, 2.05) is 25.1 Å². The quantitative estimate of drug-likeness (QED) is 0.571. The largest absolute Gasteiger partial charge is 0.359 e. The van der Waals surface area contributed by atoms with Crippen molar-refractivity contribution < 1.29 is 9.59 Å². The first-order valence-electron chi connectivity index (χ1n) is 6.65. The van der Waals surface area contributed by atoms with E-state index in [4.69, 9.17) is 0 Å². The highest BCUT2D eigenvalue weighted by Crippen LogP contribution is 2.11. The minimum Gasteiger partial charge on any atom is -0.359 e. The molecule has 110 valence electrons. The van der Waals surface area contributed by atoms with Crippen LogP contribution >= 0.6 is 0 Å². The van der Waals surface area contributed by atoms with Gasteiger partial charge in [0.15, 0.2) is 5.82 Å². The summed E-state index contributed by atoms with van der Waals surface area (Å²) in [7, 11) is 0. The molecule has 2 aromatic heterocycles. The molecule has 2 rings (SSSR count). The molecule has 2 N–H and O–H groups in total. The van der Waals surface area contributed by atoms with E-state index in [2.05, 4.69) is 20.7 Å². The third-order valence-corrected chi connectivity index (χ3v) is 2.99. The minimum atomic E-state index is -0.180. The smallest absolute Gasteiger partial charge is 0.254 e. The monoisotopic (exact) mass is 287 g/mol. The second kappa shape index (κ2) is 7.18. The van der Waals surface area contributed by atoms with E-state index in [9.17, 15) is 9.59 Å². The molecule has 0 aliphatic rings. The Labute approximate surface area is 122 Å². The molecule has 0 saturated heterocycles. The van der Waals surface area contributed by atoms with Crippen molar-refractivity contribution in [2.75, 3.05) is 13.1 Å². The Hall–Kier alpha value is -2.70. The lowest BCUT2D eigenvalue weighted by Gasteiger charge is -2.05. The molecule has 0 bridgehead atoms. The van der Waals surface area contributed by atoms with Crippen LogP contribution in [0.3, 0.4) is 0 Å². The maximum absolute atomic E-state index is 12.1. The maximum Gasteiger partial charge on any atom is 0.254 e. The predicted octanol–water partition coefficient (Wildman–Crippen LogP) is 0.442. The van der Waals surface area contributed by atoms with Gasteiger partial charge in [0.2, 0.25) is 6.41 Å². The molecular formula is C14H17N5O2. The number of amides is 2. The van der Waals surface area contributed by atoms with Gasteiger partial charge in [-0.25, -0.2) is 9.67 Å². The third-order valence-electron chi connectivity index (χ3n) is 2.99. The number of nitrogens with one attached hydrogen (secondary N) is 2. The van der Waals surface area contributed by atoms with Crippen LogP contribution in [-0.2, 0) is 4.79 Å². The second-order valence-electron chi connectivity index (χ2n) is 4.42. The molecule has 7 nitrogen and oxygen atoms in total. The molecule has 7 heteroatoms. The van der Waals surface area contributed by atoms with E-state index in [0.717, 1.165) is 5.69 Å². The first-order chi connectivity index (χ1) is 10.2. The Kier molecular flexibility index (Phi) is 5.03. The molecule has 0 aromatic carbocycles. The number of nitrogens with zero attached hydrogens (tertiary/aromatic N) is 3. The van der Waals surface area contributed by atoms with Crippen molar-refractivity contribution in [1.29, 1.82) is 0 Å². The summed E-state index contributed by atoms with van der Waals surface area (Å²) in [5.41, 5.74) is 1.25. The van der Waals surface area contributed by atoms with Crippen molar-refractivity contribution in [3.05, 3.63) is 41.9 Å². The van der Waals surface area contributed by atoms with Crippen LogP contribution in [0.25, 0.3) is 5.82 Å². The van der Waals surface area contributed by atoms with Crippen molar-refractivity contribution in [3.63, 3.8) is 0 Å². The van der Waals surface area contributed by atoms with Crippen LogP contribution in [0.2, 0.25) is 0 Å². The number of rotatable bonds is 7. The highest BCUT2D eigenvalue weighted by Gasteiger charge is 2.14. The van der Waals surface area contributed by atoms with Crippen LogP contribution in [0.15, 0.2) is 30.6 Å². The van der Waals surface area contributed by atoms with Crippen LogP contribution in [0, 0.1) is 6.92 Å². The summed E-state index contributed by atoms with van der Waals surface area (Å²) in [6.45, 7) is 2.86. The van der Waals surface area contributed by atoms with Gasteiger partial charge in [0.1, 0.15) is 0 Å². The Bertz CT molecular complexity index is 609. The number of carbonyl (C=O) groups excluding carboxylic acids is 2. The molecular weight excluding hydrogens is 270 g/mol. The van der Waals surface area contributed by atoms with E-state index in [1.54, 1.807) is 10.9 Å². The molecule has 0 radical (unpaired) electrons. The van der Waals surface area contributed by atoms with E-state index in [-0.39, 0.29) is 5.91 Å². The van der Waals surface area contributed by atoms with Gasteiger partial charge < -0.3 is 10.6 Å². The first kappa shape index (κ1) is 14.7. The molecule has 2 heterocycles. The van der Waals surface area contributed by atoms with Gasteiger partial charge in [-0.15, -0.1) is 0 Å². The van der Waals surface area contributed by atoms with Crippen LogP contribution in [0.1, 0.15) is 22.5 Å². The molecule has 0 aliphatic heterocycles. The zero-order valence-corrected chi connectivity index (χ0v) is 11.7. The Balaban J connectivity index is 2.00. The number of aromatic nitrogens is 3. The van der Waals surface area contributed by atoms with E-state index in [0.29, 0.717) is 37.3 Å². The maximum atomic E-state index is 12.1. The standard InChI is InChI=1S/C14H17N5O2/c1-11-12(14(21)17-8-4-6-15-10-20)9-18-19(11)13-5-2-3-7-16-13/h2-3,5,7,9-10H,4,6,8H2,1H3,(H,15,20)(H,17,21). The van der Waals surface area contributed by atoms with Crippen LogP contribution < -0.4 is 10.6 Å². The first-order valence-corrected chi connectivity index (χ1v) is 6.65. The zero-order valence-electron chi connectivity index (χ0n) is 11.7. The summed E-state index contributed by atoms with van der Waals surface area (Å²) in [6, 6.07) is 5.51. The molecule has 0 unspecified atom stereocenters. The zero-order chi connectivity index (χ0) is 15.1. The molecule has 0 spiro atoms. The fourth-order valence-electron chi connectivity index (χ4n) is 1.89. The van der Waals surface area contributed by atoms with Gasteiger partial charge in [-0.2, -0.15) is 5.10 Å². The molecule has 0 saturated carbocycles. The number of hydrogen-bond acceptors (Lipinski definition) is 4. The van der Waals surface area contributed by atoms with E-state index in [1.165, 1.54) is 6.20 Å². The summed E-state index contributed by atoms with van der Waals surface area (Å²) in [5.74, 6) is 0.491. The summed E-state index contributed by atoms with van der Waals surface area (Å²) >= 11 is 0. The normalized spacial score (nSPS) is 10.1. The van der Waals surface area contributed by atoms with Gasteiger partial charge in [0.05, 0.1) is 17.5 Å². The third kappa shape index (κ3) is 3.65. The summed E-state index contributed by atoms with van der Waals surface area (Å²) in [5, 5.41) is 9.54. The molecule has 2 amide bonds. The number of carbonyl (C=O) groups is 2. The van der Waals surface area contributed by atoms with Crippen molar-refractivity contribution in [2.45, 2.75) is 13.3 Å². The fraction of sp³-hybridized carbons (Fsp3) is 0.286. The molecule has 2 aromatic rings. The average molecular weight is 287 g/mol. The van der Waals surface area contributed by atoms with Crippen LogP contribution in [0.5, 0.6) is 0 Å². The number of hydrogen-bond donors (Lipinski definition) is 2. The molecule has 0 fully saturated rings. The van der Waals surface area contributed by atoms with E-state index >= 15 is 0 Å². The van der Waals surface area contributed by atoms with Crippen molar-refractivity contribution >= 4 is 12.3 Å². The second-order valence-corrected chi connectivity index (χ2v) is 4.42. The van der Waals surface area contributed by atoms with Gasteiger partial charge in [-0.05, 0) is 25.5 Å². The lowest BCUT2D eigenvalue weighted by Crippen LogP contribution is -2.27. The predicted molar refractivity (Wildman–Crippen MR) is 77.1 cm³/mol. The van der Waals surface area contributed by atoms with Crippen LogP contribution in [-0.4, -0.2) is 40.2 Å². The highest BCUT2D eigenvalue weighted by molar-refractivity contribution is 5.95. The highest BCUT2D eigenvalue weighted by atomic mass is 16.1. The summed E-state index contributed by atoms with van der Waals surface area (Å²) in [4.78, 5) is 26.4. The summed E-state index contributed by atoms with van der Waals surface area (Å²) < 4.78 is 1.63. The Morgan fingerprint density at radius 3 is 2.95 bits per heavy atom.